The zero-order valence-corrected chi connectivity index (χ0v) is 21.9. The van der Waals surface area contributed by atoms with Gasteiger partial charge in [0.05, 0.1) is 0 Å². The number of rotatable bonds is 25. The van der Waals surface area contributed by atoms with Gasteiger partial charge in [0.25, 0.3) is 0 Å². The molecule has 1 unspecified atom stereocenters. The molecule has 0 saturated carbocycles. The lowest BCUT2D eigenvalue weighted by atomic mass is 10.0. The molecule has 4 N–H and O–H groups in total. The first-order chi connectivity index (χ1) is 15.6. The van der Waals surface area contributed by atoms with Crippen LogP contribution in [-0.2, 0) is 4.79 Å². The second-order valence-electron chi connectivity index (χ2n) is 9.98. The number of nitrogens with one attached hydrogen (secondary N) is 1. The maximum Gasteiger partial charge on any atom is 0.222 e. The van der Waals surface area contributed by atoms with E-state index in [-0.39, 0.29) is 5.91 Å². The summed E-state index contributed by atoms with van der Waals surface area (Å²) >= 11 is 0. The van der Waals surface area contributed by atoms with Gasteiger partial charge in [-0.25, -0.2) is 0 Å². The van der Waals surface area contributed by atoms with E-state index in [1.54, 1.807) is 0 Å². The molecular weight excluding hydrogens is 396 g/mol. The van der Waals surface area contributed by atoms with Gasteiger partial charge in [-0.1, -0.05) is 136 Å². The molecule has 0 aromatic heterocycles. The van der Waals surface area contributed by atoms with Crippen molar-refractivity contribution < 1.29 is 9.90 Å². The summed E-state index contributed by atoms with van der Waals surface area (Å²) in [4.78, 5) is 12.1. The molecular formula is C28H58N2O2. The Morgan fingerprint density at radius 2 is 1.00 bits per heavy atom. The highest BCUT2D eigenvalue weighted by molar-refractivity contribution is 5.76. The van der Waals surface area contributed by atoms with E-state index in [1.165, 1.54) is 109 Å². The van der Waals surface area contributed by atoms with Crippen molar-refractivity contribution in [3.8, 4) is 0 Å². The molecule has 0 spiro atoms. The zero-order chi connectivity index (χ0) is 23.8. The Hall–Kier alpha value is -0.610. The quantitative estimate of drug-likeness (QED) is 0.0974. The number of carbonyl (C=O) groups is 1. The van der Waals surface area contributed by atoms with E-state index in [9.17, 15) is 9.90 Å². The van der Waals surface area contributed by atoms with Crippen LogP contribution in [0.1, 0.15) is 162 Å². The topological polar surface area (TPSA) is 75.3 Å². The maximum absolute atomic E-state index is 12.1. The predicted molar refractivity (Wildman–Crippen MR) is 140 cm³/mol. The highest BCUT2D eigenvalue weighted by atomic mass is 16.3. The third kappa shape index (κ3) is 21.2. The average molecular weight is 455 g/mol. The van der Waals surface area contributed by atoms with E-state index in [1.807, 2.05) is 6.92 Å². The minimum atomic E-state index is -1.12. The second kappa shape index (κ2) is 23.5. The number of aliphatic hydroxyl groups is 1. The first-order valence-corrected chi connectivity index (χ1v) is 14.3. The lowest BCUT2D eigenvalue weighted by Gasteiger charge is -2.28. The van der Waals surface area contributed by atoms with Crippen molar-refractivity contribution in [3.63, 3.8) is 0 Å². The van der Waals surface area contributed by atoms with E-state index in [4.69, 9.17) is 5.73 Å². The van der Waals surface area contributed by atoms with Gasteiger partial charge in [0.1, 0.15) is 5.72 Å². The molecule has 0 radical (unpaired) electrons. The fraction of sp³-hybridized carbons (Fsp3) is 0.964. The Morgan fingerprint density at radius 3 is 1.34 bits per heavy atom. The summed E-state index contributed by atoms with van der Waals surface area (Å²) in [6, 6.07) is 0. The van der Waals surface area contributed by atoms with Gasteiger partial charge in [0.2, 0.25) is 5.91 Å². The molecule has 0 heterocycles. The highest BCUT2D eigenvalue weighted by Crippen LogP contribution is 2.16. The molecule has 0 aromatic rings. The van der Waals surface area contributed by atoms with E-state index >= 15 is 0 Å². The van der Waals surface area contributed by atoms with Crippen LogP contribution in [0.3, 0.4) is 0 Å². The van der Waals surface area contributed by atoms with E-state index < -0.39 is 5.72 Å². The lowest BCUT2D eigenvalue weighted by Crippen LogP contribution is -2.49. The average Bonchev–Trinajstić information content (AvgIpc) is 2.75. The normalized spacial score (nSPS) is 13.2. The smallest absolute Gasteiger partial charge is 0.222 e. The summed E-state index contributed by atoms with van der Waals surface area (Å²) in [5.74, 6) is -0.0404. The standard InChI is InChI=1S/C28H58N2O2/c1-3-5-6-7-8-9-10-11-12-13-14-15-16-17-18-19-20-21-22-23-27(31)30-28(32,24-4-2)25-26-29/h32H,3-26,29H2,1-2H3,(H,30,31). The van der Waals surface area contributed by atoms with Gasteiger partial charge >= 0.3 is 0 Å². The summed E-state index contributed by atoms with van der Waals surface area (Å²) in [5, 5.41) is 13.2. The van der Waals surface area contributed by atoms with Gasteiger partial charge in [-0.05, 0) is 19.4 Å². The Bertz CT molecular complexity index is 395. The minimum absolute atomic E-state index is 0.0404. The van der Waals surface area contributed by atoms with Gasteiger partial charge < -0.3 is 16.2 Å². The van der Waals surface area contributed by atoms with Gasteiger partial charge in [-0.2, -0.15) is 0 Å². The number of nitrogens with two attached hydrogens (primary N) is 1. The van der Waals surface area contributed by atoms with Crippen molar-refractivity contribution in [2.24, 2.45) is 5.73 Å². The van der Waals surface area contributed by atoms with Crippen molar-refractivity contribution in [3.05, 3.63) is 0 Å². The Balaban J connectivity index is 3.33. The molecule has 0 rings (SSSR count). The Labute approximate surface area is 200 Å². The Morgan fingerprint density at radius 1 is 0.625 bits per heavy atom. The summed E-state index contributed by atoms with van der Waals surface area (Å²) in [6.45, 7) is 4.68. The van der Waals surface area contributed by atoms with Crippen LogP contribution >= 0.6 is 0 Å². The molecule has 1 amide bonds. The first-order valence-electron chi connectivity index (χ1n) is 14.3. The van der Waals surface area contributed by atoms with Crippen molar-refractivity contribution in [2.45, 2.75) is 167 Å². The third-order valence-corrected chi connectivity index (χ3v) is 6.60. The van der Waals surface area contributed by atoms with Crippen LogP contribution in [0.2, 0.25) is 0 Å². The molecule has 0 aliphatic carbocycles. The molecule has 0 aromatic carbocycles. The largest absolute Gasteiger partial charge is 0.371 e. The molecule has 32 heavy (non-hydrogen) atoms. The van der Waals surface area contributed by atoms with E-state index in [0.717, 1.165) is 19.3 Å². The Kier molecular flexibility index (Phi) is 23.1. The zero-order valence-electron chi connectivity index (χ0n) is 21.9. The summed E-state index contributed by atoms with van der Waals surface area (Å²) in [5.41, 5.74) is 4.44. The molecule has 0 fully saturated rings. The van der Waals surface area contributed by atoms with Gasteiger partial charge in [-0.3, -0.25) is 4.79 Å². The lowest BCUT2D eigenvalue weighted by molar-refractivity contribution is -0.129. The van der Waals surface area contributed by atoms with E-state index in [0.29, 0.717) is 25.8 Å². The van der Waals surface area contributed by atoms with Crippen molar-refractivity contribution >= 4 is 5.91 Å². The first kappa shape index (κ1) is 31.4. The van der Waals surface area contributed by atoms with Crippen molar-refractivity contribution in [1.29, 1.82) is 0 Å². The molecule has 0 saturated heterocycles. The number of hydrogen-bond acceptors (Lipinski definition) is 3. The molecule has 0 aliphatic rings. The number of hydrogen-bond donors (Lipinski definition) is 3. The van der Waals surface area contributed by atoms with Crippen LogP contribution in [0.15, 0.2) is 0 Å². The predicted octanol–water partition coefficient (Wildman–Crippen LogP) is 7.76. The fourth-order valence-corrected chi connectivity index (χ4v) is 4.59. The van der Waals surface area contributed by atoms with Gasteiger partial charge in [0.15, 0.2) is 0 Å². The SMILES string of the molecule is CCCCCCCCCCCCCCCCCCCCCC(=O)NC(O)(CCC)CCN. The monoisotopic (exact) mass is 454 g/mol. The number of unbranched alkanes of at least 4 members (excludes halogenated alkanes) is 18. The summed E-state index contributed by atoms with van der Waals surface area (Å²) in [7, 11) is 0. The van der Waals surface area contributed by atoms with E-state index in [2.05, 4.69) is 12.2 Å². The van der Waals surface area contributed by atoms with Crippen LogP contribution in [0.25, 0.3) is 0 Å². The van der Waals surface area contributed by atoms with Crippen LogP contribution in [0, 0.1) is 0 Å². The third-order valence-electron chi connectivity index (χ3n) is 6.60. The molecule has 4 nitrogen and oxygen atoms in total. The minimum Gasteiger partial charge on any atom is -0.371 e. The van der Waals surface area contributed by atoms with Crippen LogP contribution in [-0.4, -0.2) is 23.3 Å². The summed E-state index contributed by atoms with van der Waals surface area (Å²) in [6.07, 6.45) is 28.0. The molecule has 0 bridgehead atoms. The van der Waals surface area contributed by atoms with Crippen LogP contribution in [0.4, 0.5) is 0 Å². The maximum atomic E-state index is 12.1. The highest BCUT2D eigenvalue weighted by Gasteiger charge is 2.26. The molecule has 192 valence electrons. The molecule has 0 aliphatic heterocycles. The molecule has 1 atom stereocenters. The van der Waals surface area contributed by atoms with Gasteiger partial charge in [-0.15, -0.1) is 0 Å². The number of amides is 1. The van der Waals surface area contributed by atoms with Crippen molar-refractivity contribution in [1.82, 2.24) is 5.32 Å². The number of carbonyl (C=O) groups excluding carboxylic acids is 1. The van der Waals surface area contributed by atoms with Gasteiger partial charge in [0, 0.05) is 12.8 Å². The van der Waals surface area contributed by atoms with Crippen LogP contribution in [0.5, 0.6) is 0 Å². The fourth-order valence-electron chi connectivity index (χ4n) is 4.59. The van der Waals surface area contributed by atoms with Crippen LogP contribution < -0.4 is 11.1 Å². The second-order valence-corrected chi connectivity index (χ2v) is 9.98. The van der Waals surface area contributed by atoms with Crippen molar-refractivity contribution in [2.75, 3.05) is 6.54 Å². The molecule has 4 heteroatoms. The summed E-state index contributed by atoms with van der Waals surface area (Å²) < 4.78 is 0.